The Morgan fingerprint density at radius 2 is 1.96 bits per heavy atom. The summed E-state index contributed by atoms with van der Waals surface area (Å²) in [5.41, 5.74) is 6.45. The van der Waals surface area contributed by atoms with E-state index in [4.69, 9.17) is 36.8 Å². The number of aromatic nitrogens is 2. The van der Waals surface area contributed by atoms with Crippen LogP contribution in [-0.4, -0.2) is 83.3 Å². The lowest BCUT2D eigenvalue weighted by Crippen LogP contribution is -2.61. The molecule has 2 N–H and O–H groups in total. The van der Waals surface area contributed by atoms with E-state index in [1.807, 2.05) is 6.92 Å². The zero-order valence-corrected chi connectivity index (χ0v) is 29.7. The zero-order chi connectivity index (χ0) is 34.3. The highest BCUT2D eigenvalue weighted by Crippen LogP contribution is 2.52. The third-order valence-electron chi connectivity index (χ3n) is 11.3. The van der Waals surface area contributed by atoms with Gasteiger partial charge in [0.15, 0.2) is 11.6 Å². The van der Waals surface area contributed by atoms with E-state index in [0.29, 0.717) is 42.4 Å². The largest absolute Gasteiger partial charge is 0.489 e. The van der Waals surface area contributed by atoms with Crippen molar-refractivity contribution in [3.63, 3.8) is 0 Å². The number of thiophene rings is 1. The highest BCUT2D eigenvalue weighted by Gasteiger charge is 2.45. The Kier molecular flexibility index (Phi) is 8.25. The summed E-state index contributed by atoms with van der Waals surface area (Å²) in [4.78, 5) is 16.9. The van der Waals surface area contributed by atoms with Crippen molar-refractivity contribution in [3.8, 4) is 29.0 Å². The first-order valence-electron chi connectivity index (χ1n) is 17.2. The average Bonchev–Trinajstić information content (AvgIpc) is 3.61. The van der Waals surface area contributed by atoms with E-state index in [1.54, 1.807) is 0 Å². The SMILES string of the molecule is CC(C)N1CC2CCC1CC2N1CCOc2c(Cl)c(-c3ccc(F)c4sc(N)c(C#N)c34)c(F)c3nc(O[C@@H](C)[C@@H]4CCCN4C)nc1c23. The Balaban J connectivity index is 1.34. The van der Waals surface area contributed by atoms with E-state index in [0.717, 1.165) is 56.5 Å². The smallest absolute Gasteiger partial charge is 0.319 e. The van der Waals surface area contributed by atoms with Gasteiger partial charge >= 0.3 is 6.01 Å². The fourth-order valence-corrected chi connectivity index (χ4v) is 10.2. The summed E-state index contributed by atoms with van der Waals surface area (Å²) < 4.78 is 45.5. The number of hydrogen-bond donors (Lipinski definition) is 1. The van der Waals surface area contributed by atoms with Crippen LogP contribution in [0.15, 0.2) is 12.1 Å². The predicted octanol–water partition coefficient (Wildman–Crippen LogP) is 7.22. The summed E-state index contributed by atoms with van der Waals surface area (Å²) in [7, 11) is 2.08. The number of likely N-dealkylation sites (tertiary alicyclic amines) is 1. The van der Waals surface area contributed by atoms with Gasteiger partial charge in [0, 0.05) is 41.7 Å². The number of halogens is 3. The third-order valence-corrected chi connectivity index (χ3v) is 12.7. The van der Waals surface area contributed by atoms with Crippen molar-refractivity contribution in [3.05, 3.63) is 34.4 Å². The molecule has 6 heterocycles. The summed E-state index contributed by atoms with van der Waals surface area (Å²) in [5, 5.41) is 10.8. The van der Waals surface area contributed by atoms with Crippen LogP contribution in [0.5, 0.6) is 11.8 Å². The van der Waals surface area contributed by atoms with E-state index in [-0.39, 0.29) is 72.3 Å². The standard InChI is InChI=1S/C36H40ClF2N7O2S/c1-17(2)46-16-19-7-8-20(46)14-25(19)45-12-13-47-32-28-31(42-36(43-35(28)45)48-18(3)24-6-5-11-44(24)4)30(39)27(29(32)37)21-9-10-23(38)33-26(21)22(15-40)34(41)49-33/h9-10,17-20,24-25H,5-8,11-14,16,41H2,1-4H3/t18-,19?,20?,24-,25?/m0/s1. The van der Waals surface area contributed by atoms with Crippen molar-refractivity contribution in [2.24, 2.45) is 5.92 Å². The van der Waals surface area contributed by atoms with Crippen molar-refractivity contribution in [2.45, 2.75) is 83.1 Å². The summed E-state index contributed by atoms with van der Waals surface area (Å²) in [6.45, 7) is 9.33. The number of ether oxygens (including phenoxy) is 2. The first-order valence-corrected chi connectivity index (χ1v) is 18.4. The molecule has 13 heteroatoms. The molecule has 5 atom stereocenters. The number of nitrogens with zero attached hydrogens (tertiary/aromatic N) is 6. The Labute approximate surface area is 293 Å². The first kappa shape index (κ1) is 32.7. The fourth-order valence-electron chi connectivity index (χ4n) is 8.96. The maximum absolute atomic E-state index is 17.4. The number of piperidine rings is 2. The van der Waals surface area contributed by atoms with E-state index in [9.17, 15) is 5.26 Å². The molecule has 1 saturated carbocycles. The molecule has 5 aliphatic rings. The second-order valence-corrected chi connectivity index (χ2v) is 15.7. The summed E-state index contributed by atoms with van der Waals surface area (Å²) >= 11 is 8.09. The molecule has 4 fully saturated rings. The molecule has 3 saturated heterocycles. The first-order chi connectivity index (χ1) is 23.6. The molecule has 2 bridgehead atoms. The molecular weight excluding hydrogens is 668 g/mol. The molecule has 3 unspecified atom stereocenters. The molecule has 9 rings (SSSR count). The van der Waals surface area contributed by atoms with Gasteiger partial charge in [-0.05, 0) is 84.0 Å². The molecule has 9 nitrogen and oxygen atoms in total. The molecule has 0 radical (unpaired) electrons. The van der Waals surface area contributed by atoms with Crippen LogP contribution < -0.4 is 20.1 Å². The minimum absolute atomic E-state index is 0.0113. The molecule has 1 aliphatic carbocycles. The molecule has 49 heavy (non-hydrogen) atoms. The lowest BCUT2D eigenvalue weighted by atomic mass is 9.74. The molecule has 2 aromatic heterocycles. The third kappa shape index (κ3) is 5.19. The van der Waals surface area contributed by atoms with Gasteiger partial charge in [-0.25, -0.2) is 8.78 Å². The van der Waals surface area contributed by atoms with Crippen molar-refractivity contribution in [1.29, 1.82) is 5.26 Å². The van der Waals surface area contributed by atoms with Gasteiger partial charge in [0.1, 0.15) is 40.9 Å². The fraction of sp³-hybridized carbons (Fsp3) is 0.528. The lowest BCUT2D eigenvalue weighted by molar-refractivity contribution is 0.00919. The zero-order valence-electron chi connectivity index (χ0n) is 28.1. The number of nitriles is 1. The van der Waals surface area contributed by atoms with E-state index in [1.165, 1.54) is 12.1 Å². The van der Waals surface area contributed by atoms with Gasteiger partial charge in [-0.3, -0.25) is 9.80 Å². The van der Waals surface area contributed by atoms with Gasteiger partial charge in [0.05, 0.1) is 27.2 Å². The van der Waals surface area contributed by atoms with Crippen LogP contribution in [-0.2, 0) is 0 Å². The number of rotatable bonds is 6. The van der Waals surface area contributed by atoms with Crippen LogP contribution >= 0.6 is 22.9 Å². The van der Waals surface area contributed by atoms with Crippen molar-refractivity contribution < 1.29 is 18.3 Å². The number of nitrogens with two attached hydrogens (primary N) is 1. The Morgan fingerprint density at radius 1 is 1.14 bits per heavy atom. The average molecular weight is 708 g/mol. The Bertz CT molecular complexity index is 2020. The highest BCUT2D eigenvalue weighted by atomic mass is 35.5. The van der Waals surface area contributed by atoms with E-state index >= 15 is 8.78 Å². The minimum Gasteiger partial charge on any atom is -0.489 e. The van der Waals surface area contributed by atoms with Crippen LogP contribution in [0.25, 0.3) is 32.1 Å². The monoisotopic (exact) mass is 707 g/mol. The highest BCUT2D eigenvalue weighted by molar-refractivity contribution is 7.23. The number of nitrogen functional groups attached to an aromatic ring is 1. The molecule has 4 aliphatic heterocycles. The second kappa shape index (κ2) is 12.4. The van der Waals surface area contributed by atoms with Gasteiger partial charge < -0.3 is 20.1 Å². The van der Waals surface area contributed by atoms with Crippen molar-refractivity contribution >= 4 is 54.7 Å². The number of hydrogen-bond acceptors (Lipinski definition) is 10. The van der Waals surface area contributed by atoms with E-state index < -0.39 is 11.6 Å². The maximum Gasteiger partial charge on any atom is 0.319 e. The Morgan fingerprint density at radius 3 is 2.65 bits per heavy atom. The molecule has 2 aromatic carbocycles. The quantitative estimate of drug-likeness (QED) is 0.223. The molecule has 258 valence electrons. The van der Waals surface area contributed by atoms with Gasteiger partial charge in [-0.2, -0.15) is 15.2 Å². The summed E-state index contributed by atoms with van der Waals surface area (Å²) in [6.07, 6.45) is 5.07. The van der Waals surface area contributed by atoms with Gasteiger partial charge in [0.25, 0.3) is 0 Å². The normalized spacial score (nSPS) is 24.8. The molecule has 0 amide bonds. The van der Waals surface area contributed by atoms with Crippen LogP contribution in [0, 0.1) is 28.9 Å². The van der Waals surface area contributed by atoms with Crippen molar-refractivity contribution in [2.75, 3.05) is 43.9 Å². The number of anilines is 2. The van der Waals surface area contributed by atoms with Crippen LogP contribution in [0.2, 0.25) is 5.02 Å². The maximum atomic E-state index is 17.4. The van der Waals surface area contributed by atoms with Gasteiger partial charge in [-0.15, -0.1) is 11.3 Å². The van der Waals surface area contributed by atoms with Crippen molar-refractivity contribution in [1.82, 2.24) is 19.8 Å². The summed E-state index contributed by atoms with van der Waals surface area (Å²) in [5.74, 6) is -0.0313. The molecule has 4 aromatic rings. The predicted molar refractivity (Wildman–Crippen MR) is 190 cm³/mol. The van der Waals surface area contributed by atoms with Gasteiger partial charge in [0.2, 0.25) is 0 Å². The van der Waals surface area contributed by atoms with Gasteiger partial charge in [-0.1, -0.05) is 17.7 Å². The number of benzene rings is 2. The number of fused-ring (bicyclic) bond motifs is 4. The van der Waals surface area contributed by atoms with Crippen LogP contribution in [0.3, 0.4) is 0 Å². The van der Waals surface area contributed by atoms with Crippen LogP contribution in [0.1, 0.15) is 58.4 Å². The Hall–Kier alpha value is -3.50. The number of likely N-dealkylation sites (N-methyl/N-ethyl adjacent to an activating group) is 1. The molecule has 0 spiro atoms. The second-order valence-electron chi connectivity index (χ2n) is 14.3. The topological polar surface area (TPSA) is 104 Å². The molecular formula is C36H40ClF2N7O2S. The van der Waals surface area contributed by atoms with E-state index in [2.05, 4.69) is 41.7 Å². The minimum atomic E-state index is -0.717. The summed E-state index contributed by atoms with van der Waals surface area (Å²) in [6, 6.07) is 6.13. The van der Waals surface area contributed by atoms with Crippen LogP contribution in [0.4, 0.5) is 19.6 Å². The lowest BCUT2D eigenvalue weighted by Gasteiger charge is -2.54.